The molecule has 124 valence electrons. The summed E-state index contributed by atoms with van der Waals surface area (Å²) in [5, 5.41) is 10.9. The lowest BCUT2D eigenvalue weighted by atomic mass is 10.2. The highest BCUT2D eigenvalue weighted by Gasteiger charge is 2.08. The number of anilines is 1. The van der Waals surface area contributed by atoms with Crippen LogP contribution >= 0.6 is 0 Å². The molecule has 1 aromatic carbocycles. The van der Waals surface area contributed by atoms with Gasteiger partial charge in [0.1, 0.15) is 12.1 Å². The first-order valence-corrected chi connectivity index (χ1v) is 7.52. The number of halogens is 1. The lowest BCUT2D eigenvalue weighted by Crippen LogP contribution is -2.16. The fourth-order valence-electron chi connectivity index (χ4n) is 2.28. The molecule has 0 aliphatic rings. The highest BCUT2D eigenvalue weighted by atomic mass is 19.1. The fraction of sp³-hybridized carbons (Fsp3) is 0.250. The van der Waals surface area contributed by atoms with Gasteiger partial charge in [0.15, 0.2) is 0 Å². The minimum atomic E-state index is -0.296. The van der Waals surface area contributed by atoms with E-state index in [2.05, 4.69) is 20.5 Å². The Balaban J connectivity index is 1.53. The Labute approximate surface area is 138 Å². The zero-order valence-electron chi connectivity index (χ0n) is 13.2. The lowest BCUT2D eigenvalue weighted by Gasteiger charge is -2.04. The number of amides is 1. The Morgan fingerprint density at radius 2 is 2.21 bits per heavy atom. The molecule has 0 atom stereocenters. The highest BCUT2D eigenvalue weighted by molar-refractivity contribution is 5.88. The molecule has 0 aliphatic carbocycles. The Bertz CT molecular complexity index is 840. The van der Waals surface area contributed by atoms with Gasteiger partial charge in [0.2, 0.25) is 11.9 Å². The number of rotatable bonds is 6. The maximum absolute atomic E-state index is 13.2. The van der Waals surface area contributed by atoms with Crippen LogP contribution in [-0.4, -0.2) is 30.5 Å². The smallest absolute Gasteiger partial charge is 0.248 e. The van der Waals surface area contributed by atoms with Gasteiger partial charge in [0.05, 0.1) is 6.54 Å². The van der Waals surface area contributed by atoms with Crippen molar-refractivity contribution in [3.63, 3.8) is 0 Å². The van der Waals surface area contributed by atoms with E-state index in [1.165, 1.54) is 18.5 Å². The maximum atomic E-state index is 13.2. The van der Waals surface area contributed by atoms with Gasteiger partial charge >= 0.3 is 0 Å². The summed E-state index contributed by atoms with van der Waals surface area (Å²) in [5.74, 6) is -0.253. The second-order valence-electron chi connectivity index (χ2n) is 5.39. The summed E-state index contributed by atoms with van der Waals surface area (Å²) in [7, 11) is 0. The third-order valence-electron chi connectivity index (χ3n) is 3.50. The van der Waals surface area contributed by atoms with Crippen LogP contribution in [0.4, 0.5) is 10.3 Å². The topological polar surface area (TPSA) is 77.6 Å². The van der Waals surface area contributed by atoms with Crippen molar-refractivity contribution in [1.29, 1.82) is 0 Å². The molecular weight excluding hydrogens is 311 g/mol. The number of carbonyl (C=O) groups is 1. The molecule has 24 heavy (non-hydrogen) atoms. The molecule has 0 aliphatic heterocycles. The SMILES string of the molecule is Cc1ccnn1CCC(=O)Nc1ncn(Cc2cccc(F)c2)n1. The Hall–Kier alpha value is -3.03. The first-order valence-electron chi connectivity index (χ1n) is 7.52. The van der Waals surface area contributed by atoms with Gasteiger partial charge < -0.3 is 0 Å². The van der Waals surface area contributed by atoms with E-state index in [4.69, 9.17) is 0 Å². The molecule has 2 aromatic heterocycles. The third kappa shape index (κ3) is 4.03. The third-order valence-corrected chi connectivity index (χ3v) is 3.50. The average Bonchev–Trinajstić information content (AvgIpc) is 3.14. The Morgan fingerprint density at radius 3 is 2.96 bits per heavy atom. The van der Waals surface area contributed by atoms with Crippen molar-refractivity contribution in [2.45, 2.75) is 26.4 Å². The van der Waals surface area contributed by atoms with Crippen LogP contribution in [-0.2, 0) is 17.9 Å². The van der Waals surface area contributed by atoms with Crippen LogP contribution in [0.25, 0.3) is 0 Å². The lowest BCUT2D eigenvalue weighted by molar-refractivity contribution is -0.116. The molecule has 0 saturated carbocycles. The van der Waals surface area contributed by atoms with Crippen LogP contribution in [0.1, 0.15) is 17.7 Å². The van der Waals surface area contributed by atoms with E-state index in [0.29, 0.717) is 13.1 Å². The zero-order valence-corrected chi connectivity index (χ0v) is 13.2. The van der Waals surface area contributed by atoms with Crippen LogP contribution in [0.3, 0.4) is 0 Å². The molecule has 2 heterocycles. The molecule has 0 fully saturated rings. The van der Waals surface area contributed by atoms with E-state index in [9.17, 15) is 9.18 Å². The summed E-state index contributed by atoms with van der Waals surface area (Å²) in [6.45, 7) is 2.81. The monoisotopic (exact) mass is 328 g/mol. The van der Waals surface area contributed by atoms with Gasteiger partial charge in [-0.15, -0.1) is 5.10 Å². The van der Waals surface area contributed by atoms with Gasteiger partial charge in [-0.1, -0.05) is 12.1 Å². The van der Waals surface area contributed by atoms with Gasteiger partial charge in [-0.3, -0.25) is 14.8 Å². The molecule has 1 amide bonds. The van der Waals surface area contributed by atoms with E-state index in [1.807, 2.05) is 13.0 Å². The predicted octanol–water partition coefficient (Wildman–Crippen LogP) is 2.00. The number of nitrogens with one attached hydrogen (secondary N) is 1. The standard InChI is InChI=1S/C16H17FN6O/c1-12-5-7-19-23(12)8-6-15(24)20-16-18-11-22(21-16)10-13-3-2-4-14(17)9-13/h2-5,7,9,11H,6,8,10H2,1H3,(H,20,21,24). The molecule has 3 rings (SSSR count). The summed E-state index contributed by atoms with van der Waals surface area (Å²) in [4.78, 5) is 16.0. The molecule has 0 unspecified atom stereocenters. The number of carbonyl (C=O) groups excluding carboxylic acids is 1. The second kappa shape index (κ2) is 7.03. The predicted molar refractivity (Wildman–Crippen MR) is 85.7 cm³/mol. The van der Waals surface area contributed by atoms with Crippen molar-refractivity contribution in [2.75, 3.05) is 5.32 Å². The number of hydrogen-bond acceptors (Lipinski definition) is 4. The van der Waals surface area contributed by atoms with E-state index in [0.717, 1.165) is 11.3 Å². The molecule has 3 aromatic rings. The summed E-state index contributed by atoms with van der Waals surface area (Å²) in [6, 6.07) is 8.15. The summed E-state index contributed by atoms with van der Waals surface area (Å²) in [6.07, 6.45) is 3.47. The van der Waals surface area contributed by atoms with Crippen LogP contribution in [0.5, 0.6) is 0 Å². The average molecular weight is 328 g/mol. The largest absolute Gasteiger partial charge is 0.293 e. The summed E-state index contributed by atoms with van der Waals surface area (Å²) >= 11 is 0. The highest BCUT2D eigenvalue weighted by Crippen LogP contribution is 2.07. The maximum Gasteiger partial charge on any atom is 0.248 e. The fourth-order valence-corrected chi connectivity index (χ4v) is 2.28. The molecule has 1 N–H and O–H groups in total. The van der Waals surface area contributed by atoms with Crippen molar-refractivity contribution in [3.8, 4) is 0 Å². The van der Waals surface area contributed by atoms with E-state index in [1.54, 1.807) is 27.7 Å². The van der Waals surface area contributed by atoms with Crippen molar-refractivity contribution < 1.29 is 9.18 Å². The zero-order chi connectivity index (χ0) is 16.9. The minimum absolute atomic E-state index is 0.187. The first kappa shape index (κ1) is 15.9. The molecule has 8 heteroatoms. The summed E-state index contributed by atoms with van der Waals surface area (Å²) < 4.78 is 16.5. The van der Waals surface area contributed by atoms with Gasteiger partial charge in [-0.2, -0.15) is 5.10 Å². The van der Waals surface area contributed by atoms with Gasteiger partial charge in [0.25, 0.3) is 0 Å². The van der Waals surface area contributed by atoms with Crippen molar-refractivity contribution in [3.05, 3.63) is 59.9 Å². The van der Waals surface area contributed by atoms with Crippen LogP contribution in [0.15, 0.2) is 42.9 Å². The number of aromatic nitrogens is 5. The number of hydrogen-bond donors (Lipinski definition) is 1. The van der Waals surface area contributed by atoms with Gasteiger partial charge in [-0.05, 0) is 30.7 Å². The van der Waals surface area contributed by atoms with Crippen LogP contribution in [0, 0.1) is 12.7 Å². The number of aryl methyl sites for hydroxylation is 2. The normalized spacial score (nSPS) is 10.8. The van der Waals surface area contributed by atoms with Crippen LogP contribution < -0.4 is 5.32 Å². The molecule has 0 bridgehead atoms. The number of nitrogens with zero attached hydrogens (tertiary/aromatic N) is 5. The van der Waals surface area contributed by atoms with E-state index in [-0.39, 0.29) is 24.1 Å². The minimum Gasteiger partial charge on any atom is -0.293 e. The van der Waals surface area contributed by atoms with Gasteiger partial charge in [-0.25, -0.2) is 14.1 Å². The molecule has 0 spiro atoms. The molecule has 0 radical (unpaired) electrons. The Morgan fingerprint density at radius 1 is 1.33 bits per heavy atom. The van der Waals surface area contributed by atoms with Crippen molar-refractivity contribution in [1.82, 2.24) is 24.5 Å². The van der Waals surface area contributed by atoms with Gasteiger partial charge in [0, 0.05) is 24.9 Å². The van der Waals surface area contributed by atoms with E-state index < -0.39 is 0 Å². The molecular formula is C16H17FN6O. The molecule has 7 nitrogen and oxygen atoms in total. The molecule has 0 saturated heterocycles. The van der Waals surface area contributed by atoms with Crippen LogP contribution in [0.2, 0.25) is 0 Å². The van der Waals surface area contributed by atoms with Crippen molar-refractivity contribution >= 4 is 11.9 Å². The van der Waals surface area contributed by atoms with Crippen molar-refractivity contribution in [2.24, 2.45) is 0 Å². The Kier molecular flexibility index (Phi) is 4.64. The number of benzene rings is 1. The van der Waals surface area contributed by atoms with E-state index >= 15 is 0 Å². The summed E-state index contributed by atoms with van der Waals surface area (Å²) in [5.41, 5.74) is 1.77. The second-order valence-corrected chi connectivity index (χ2v) is 5.39. The quantitative estimate of drug-likeness (QED) is 0.751. The first-order chi connectivity index (χ1) is 11.6.